The van der Waals surface area contributed by atoms with Gasteiger partial charge in [0.15, 0.2) is 0 Å². The van der Waals surface area contributed by atoms with E-state index in [1.807, 2.05) is 20.9 Å². The SMILES string of the molecule is CC(C)c1nc2c(n1C)CCN(C(=O)C(C(C)C)N1CCCS1(=O)=O)C2. The Morgan fingerprint density at radius 2 is 1.85 bits per heavy atom. The summed E-state index contributed by atoms with van der Waals surface area (Å²) >= 11 is 0. The van der Waals surface area contributed by atoms with E-state index in [0.717, 1.165) is 17.9 Å². The highest BCUT2D eigenvalue weighted by molar-refractivity contribution is 7.89. The number of rotatable bonds is 4. The van der Waals surface area contributed by atoms with Crippen LogP contribution >= 0.6 is 0 Å². The van der Waals surface area contributed by atoms with Crippen LogP contribution in [0.25, 0.3) is 0 Å². The van der Waals surface area contributed by atoms with Gasteiger partial charge in [0.25, 0.3) is 0 Å². The molecule has 3 heterocycles. The molecule has 1 unspecified atom stereocenters. The van der Waals surface area contributed by atoms with Gasteiger partial charge in [-0.05, 0) is 12.3 Å². The number of carbonyl (C=O) groups excluding carboxylic acids is 1. The van der Waals surface area contributed by atoms with Gasteiger partial charge in [0.05, 0.1) is 18.0 Å². The van der Waals surface area contributed by atoms with Crippen molar-refractivity contribution in [1.29, 1.82) is 0 Å². The summed E-state index contributed by atoms with van der Waals surface area (Å²) in [5, 5.41) is 0. The summed E-state index contributed by atoms with van der Waals surface area (Å²) in [6, 6.07) is -0.614. The molecule has 0 spiro atoms. The van der Waals surface area contributed by atoms with Gasteiger partial charge in [0, 0.05) is 38.2 Å². The van der Waals surface area contributed by atoms with Crippen LogP contribution in [0.5, 0.6) is 0 Å². The molecule has 8 heteroatoms. The summed E-state index contributed by atoms with van der Waals surface area (Å²) in [6.07, 6.45) is 1.36. The van der Waals surface area contributed by atoms with Gasteiger partial charge in [-0.2, -0.15) is 4.31 Å². The Morgan fingerprint density at radius 1 is 1.15 bits per heavy atom. The first kappa shape index (κ1) is 19.4. The highest BCUT2D eigenvalue weighted by Gasteiger charge is 2.42. The summed E-state index contributed by atoms with van der Waals surface area (Å²) in [4.78, 5) is 19.8. The number of fused-ring (bicyclic) bond motifs is 1. The Labute approximate surface area is 156 Å². The lowest BCUT2D eigenvalue weighted by Crippen LogP contribution is -2.52. The molecule has 1 aromatic heterocycles. The van der Waals surface area contributed by atoms with Crippen LogP contribution in [-0.2, 0) is 34.8 Å². The molecule has 1 amide bonds. The van der Waals surface area contributed by atoms with Crippen LogP contribution in [0.15, 0.2) is 0 Å². The second-order valence-corrected chi connectivity index (χ2v) is 10.1. The van der Waals surface area contributed by atoms with Crippen LogP contribution in [0, 0.1) is 5.92 Å². The minimum atomic E-state index is -3.32. The van der Waals surface area contributed by atoms with Gasteiger partial charge in [-0.25, -0.2) is 13.4 Å². The monoisotopic (exact) mass is 382 g/mol. The van der Waals surface area contributed by atoms with Gasteiger partial charge < -0.3 is 9.47 Å². The first-order valence-electron chi connectivity index (χ1n) is 9.46. The summed E-state index contributed by atoms with van der Waals surface area (Å²) in [5.41, 5.74) is 2.13. The van der Waals surface area contributed by atoms with Gasteiger partial charge in [0.2, 0.25) is 15.9 Å². The van der Waals surface area contributed by atoms with Crippen LogP contribution < -0.4 is 0 Å². The molecule has 1 atom stereocenters. The summed E-state index contributed by atoms with van der Waals surface area (Å²) in [5.74, 6) is 1.35. The first-order chi connectivity index (χ1) is 12.1. The molecule has 1 saturated heterocycles. The van der Waals surface area contributed by atoms with Crippen LogP contribution in [0.3, 0.4) is 0 Å². The molecule has 2 aliphatic heterocycles. The van der Waals surface area contributed by atoms with E-state index in [0.29, 0.717) is 32.0 Å². The first-order valence-corrected chi connectivity index (χ1v) is 11.1. The topological polar surface area (TPSA) is 75.5 Å². The minimum absolute atomic E-state index is 0.0632. The van der Waals surface area contributed by atoms with E-state index in [4.69, 9.17) is 4.98 Å². The Kier molecular flexibility index (Phi) is 5.18. The van der Waals surface area contributed by atoms with Crippen LogP contribution in [-0.4, -0.2) is 58.0 Å². The highest BCUT2D eigenvalue weighted by atomic mass is 32.2. The number of hydrogen-bond donors (Lipinski definition) is 0. The van der Waals surface area contributed by atoms with Gasteiger partial charge in [-0.15, -0.1) is 0 Å². The fraction of sp³-hybridized carbons (Fsp3) is 0.778. The van der Waals surface area contributed by atoms with Crippen molar-refractivity contribution in [3.05, 3.63) is 17.2 Å². The van der Waals surface area contributed by atoms with E-state index in [-0.39, 0.29) is 17.6 Å². The lowest BCUT2D eigenvalue weighted by Gasteiger charge is -2.35. The van der Waals surface area contributed by atoms with E-state index in [1.54, 1.807) is 4.90 Å². The van der Waals surface area contributed by atoms with Crippen molar-refractivity contribution < 1.29 is 13.2 Å². The molecule has 1 aromatic rings. The van der Waals surface area contributed by atoms with Crippen molar-refractivity contribution >= 4 is 15.9 Å². The summed E-state index contributed by atoms with van der Waals surface area (Å²) in [6.45, 7) is 9.59. The number of nitrogens with zero attached hydrogens (tertiary/aromatic N) is 4. The lowest BCUT2D eigenvalue weighted by atomic mass is 10.0. The molecule has 0 bridgehead atoms. The third-order valence-corrected chi connectivity index (χ3v) is 7.38. The molecule has 26 heavy (non-hydrogen) atoms. The molecule has 0 aliphatic carbocycles. The molecule has 146 valence electrons. The zero-order valence-electron chi connectivity index (χ0n) is 16.4. The molecular formula is C18H30N4O3S. The van der Waals surface area contributed by atoms with Gasteiger partial charge in [-0.3, -0.25) is 4.79 Å². The molecule has 1 fully saturated rings. The van der Waals surface area contributed by atoms with Crippen molar-refractivity contribution in [2.75, 3.05) is 18.8 Å². The average molecular weight is 383 g/mol. The van der Waals surface area contributed by atoms with E-state index in [9.17, 15) is 13.2 Å². The van der Waals surface area contributed by atoms with Crippen LogP contribution in [0.4, 0.5) is 0 Å². The maximum absolute atomic E-state index is 13.2. The predicted molar refractivity (Wildman–Crippen MR) is 100 cm³/mol. The molecule has 2 aliphatic rings. The molecular weight excluding hydrogens is 352 g/mol. The molecule has 0 aromatic carbocycles. The fourth-order valence-electron chi connectivity index (χ4n) is 4.15. The van der Waals surface area contributed by atoms with E-state index in [1.165, 1.54) is 10.00 Å². The Hall–Kier alpha value is -1.41. The number of carbonyl (C=O) groups is 1. The number of aromatic nitrogens is 2. The smallest absolute Gasteiger partial charge is 0.241 e. The van der Waals surface area contributed by atoms with Crippen molar-refractivity contribution in [3.8, 4) is 0 Å². The predicted octanol–water partition coefficient (Wildman–Crippen LogP) is 1.49. The highest BCUT2D eigenvalue weighted by Crippen LogP contribution is 2.27. The summed E-state index contributed by atoms with van der Waals surface area (Å²) in [7, 11) is -1.29. The van der Waals surface area contributed by atoms with Crippen molar-refractivity contribution in [2.24, 2.45) is 13.0 Å². The van der Waals surface area contributed by atoms with Gasteiger partial charge in [-0.1, -0.05) is 27.7 Å². The van der Waals surface area contributed by atoms with Crippen molar-refractivity contribution in [2.45, 2.75) is 59.0 Å². The number of sulfonamides is 1. The molecule has 0 radical (unpaired) electrons. The molecule has 3 rings (SSSR count). The van der Waals surface area contributed by atoms with Gasteiger partial charge >= 0.3 is 0 Å². The maximum Gasteiger partial charge on any atom is 0.241 e. The number of hydrogen-bond acceptors (Lipinski definition) is 4. The summed E-state index contributed by atoms with van der Waals surface area (Å²) < 4.78 is 28.3. The molecule has 0 N–H and O–H groups in total. The number of imidazole rings is 1. The Bertz CT molecular complexity index is 798. The normalized spacial score (nSPS) is 21.4. The third-order valence-electron chi connectivity index (χ3n) is 5.45. The van der Waals surface area contributed by atoms with Crippen molar-refractivity contribution in [3.63, 3.8) is 0 Å². The second-order valence-electron chi connectivity index (χ2n) is 8.06. The van der Waals surface area contributed by atoms with E-state index in [2.05, 4.69) is 18.4 Å². The number of amides is 1. The standard InChI is InChI=1S/C18H30N4O3S/c1-12(2)16(22-8-6-10-26(22,24)25)18(23)21-9-7-15-14(11-21)19-17(13(3)4)20(15)5/h12-13,16H,6-11H2,1-5H3. The lowest BCUT2D eigenvalue weighted by molar-refractivity contribution is -0.137. The van der Waals surface area contributed by atoms with Crippen LogP contribution in [0.2, 0.25) is 0 Å². The fourth-order valence-corrected chi connectivity index (χ4v) is 5.97. The quantitative estimate of drug-likeness (QED) is 0.791. The molecule has 0 saturated carbocycles. The van der Waals surface area contributed by atoms with Crippen molar-refractivity contribution in [1.82, 2.24) is 18.8 Å². The zero-order valence-corrected chi connectivity index (χ0v) is 17.2. The van der Waals surface area contributed by atoms with E-state index >= 15 is 0 Å². The minimum Gasteiger partial charge on any atom is -0.335 e. The molecule has 7 nitrogen and oxygen atoms in total. The van der Waals surface area contributed by atoms with Gasteiger partial charge in [0.1, 0.15) is 11.9 Å². The van der Waals surface area contributed by atoms with E-state index < -0.39 is 16.1 Å². The largest absolute Gasteiger partial charge is 0.335 e. The van der Waals surface area contributed by atoms with Crippen LogP contribution in [0.1, 0.15) is 57.2 Å². The average Bonchev–Trinajstić information content (AvgIpc) is 3.07. The third kappa shape index (κ3) is 3.29. The Balaban J connectivity index is 1.85. The zero-order chi connectivity index (χ0) is 19.2. The second kappa shape index (κ2) is 6.96. The Morgan fingerprint density at radius 3 is 2.38 bits per heavy atom. The maximum atomic E-state index is 13.2.